The highest BCUT2D eigenvalue weighted by molar-refractivity contribution is 9.10. The molecule has 1 aliphatic rings. The summed E-state index contributed by atoms with van der Waals surface area (Å²) in [6, 6.07) is 8.71. The second-order valence-corrected chi connectivity index (χ2v) is 6.56. The van der Waals surface area contributed by atoms with E-state index in [2.05, 4.69) is 61.0 Å². The van der Waals surface area contributed by atoms with Gasteiger partial charge in [0, 0.05) is 22.9 Å². The van der Waals surface area contributed by atoms with Crippen LogP contribution in [-0.4, -0.2) is 23.3 Å². The van der Waals surface area contributed by atoms with Crippen LogP contribution in [0.25, 0.3) is 0 Å². The molecular weight excluding hydrogens is 342 g/mol. The van der Waals surface area contributed by atoms with Crippen molar-refractivity contribution < 1.29 is 0 Å². The number of piperidine rings is 1. The molecule has 1 aromatic rings. The fraction of sp³-hybridized carbons (Fsp3) is 0.571. The summed E-state index contributed by atoms with van der Waals surface area (Å²) in [5.74, 6) is 0.888. The topological polar surface area (TPSA) is 3.24 Å². The van der Waals surface area contributed by atoms with Crippen molar-refractivity contribution in [2.75, 3.05) is 18.4 Å². The number of halogens is 2. The molecule has 0 aliphatic carbocycles. The van der Waals surface area contributed by atoms with E-state index in [0.29, 0.717) is 0 Å². The number of rotatable bonds is 4. The molecule has 0 spiro atoms. The third kappa shape index (κ3) is 4.38. The van der Waals surface area contributed by atoms with E-state index >= 15 is 0 Å². The summed E-state index contributed by atoms with van der Waals surface area (Å²) in [5, 5.41) is 1.14. The van der Waals surface area contributed by atoms with E-state index in [4.69, 9.17) is 0 Å². The van der Waals surface area contributed by atoms with Gasteiger partial charge in [0.1, 0.15) is 0 Å². The van der Waals surface area contributed by atoms with Crippen LogP contribution in [0.3, 0.4) is 0 Å². The number of benzene rings is 1. The van der Waals surface area contributed by atoms with E-state index in [0.717, 1.165) is 22.3 Å². The SMILES string of the molecule is BrCCC1CCCN(Cc2ccc(Br)cc2)C1. The highest BCUT2D eigenvalue weighted by atomic mass is 79.9. The molecular formula is C14H19Br2N. The summed E-state index contributed by atoms with van der Waals surface area (Å²) in [5.41, 5.74) is 1.42. The van der Waals surface area contributed by atoms with Crippen LogP contribution in [0.5, 0.6) is 0 Å². The van der Waals surface area contributed by atoms with Gasteiger partial charge in [-0.2, -0.15) is 0 Å². The van der Waals surface area contributed by atoms with Gasteiger partial charge < -0.3 is 0 Å². The van der Waals surface area contributed by atoms with E-state index in [1.54, 1.807) is 0 Å². The zero-order valence-corrected chi connectivity index (χ0v) is 13.2. The molecule has 0 N–H and O–H groups in total. The summed E-state index contributed by atoms with van der Waals surface area (Å²) in [6.45, 7) is 3.63. The third-order valence-electron chi connectivity index (χ3n) is 3.44. The molecule has 1 heterocycles. The minimum atomic E-state index is 0.888. The van der Waals surface area contributed by atoms with Crippen LogP contribution in [0, 0.1) is 5.92 Å². The Bertz CT molecular complexity index is 335. The van der Waals surface area contributed by atoms with Gasteiger partial charge in [-0.1, -0.05) is 44.0 Å². The Kier molecular flexibility index (Phi) is 5.51. The van der Waals surface area contributed by atoms with Gasteiger partial charge in [0.15, 0.2) is 0 Å². The Morgan fingerprint density at radius 1 is 1.24 bits per heavy atom. The van der Waals surface area contributed by atoms with Crippen molar-refractivity contribution in [3.63, 3.8) is 0 Å². The van der Waals surface area contributed by atoms with Crippen LogP contribution < -0.4 is 0 Å². The van der Waals surface area contributed by atoms with Crippen molar-refractivity contribution in [2.45, 2.75) is 25.8 Å². The lowest BCUT2D eigenvalue weighted by Gasteiger charge is -2.32. The Labute approximate surface area is 121 Å². The second-order valence-electron chi connectivity index (χ2n) is 4.85. The molecule has 94 valence electrons. The molecule has 3 heteroatoms. The molecule has 0 amide bonds. The molecule has 1 fully saturated rings. The smallest absolute Gasteiger partial charge is 0.0233 e. The number of alkyl halides is 1. The number of likely N-dealkylation sites (tertiary alicyclic amines) is 1. The minimum Gasteiger partial charge on any atom is -0.299 e. The van der Waals surface area contributed by atoms with Crippen molar-refractivity contribution in [1.82, 2.24) is 4.90 Å². The van der Waals surface area contributed by atoms with E-state index in [9.17, 15) is 0 Å². The molecule has 2 rings (SSSR count). The van der Waals surface area contributed by atoms with Gasteiger partial charge in [-0.3, -0.25) is 4.90 Å². The normalized spacial score (nSPS) is 21.6. The zero-order valence-electron chi connectivity index (χ0n) is 10.0. The van der Waals surface area contributed by atoms with E-state index in [1.807, 2.05) is 0 Å². The van der Waals surface area contributed by atoms with Crippen LogP contribution in [0.4, 0.5) is 0 Å². The fourth-order valence-electron chi connectivity index (χ4n) is 2.53. The van der Waals surface area contributed by atoms with E-state index in [1.165, 1.54) is 37.9 Å². The first-order valence-electron chi connectivity index (χ1n) is 6.30. The third-order valence-corrected chi connectivity index (χ3v) is 4.43. The van der Waals surface area contributed by atoms with Crippen molar-refractivity contribution in [3.05, 3.63) is 34.3 Å². The van der Waals surface area contributed by atoms with Crippen LogP contribution in [0.2, 0.25) is 0 Å². The average molecular weight is 361 g/mol. The Balaban J connectivity index is 1.87. The first kappa shape index (κ1) is 13.6. The highest BCUT2D eigenvalue weighted by Gasteiger charge is 2.19. The standard InChI is InChI=1S/C14H19Br2N/c15-8-7-12-2-1-9-17(10-12)11-13-3-5-14(16)6-4-13/h3-6,12H,1-2,7-11H2. The van der Waals surface area contributed by atoms with Gasteiger partial charge in [0.25, 0.3) is 0 Å². The van der Waals surface area contributed by atoms with Gasteiger partial charge in [0.2, 0.25) is 0 Å². The number of hydrogen-bond acceptors (Lipinski definition) is 1. The molecule has 1 unspecified atom stereocenters. The molecule has 1 nitrogen and oxygen atoms in total. The highest BCUT2D eigenvalue weighted by Crippen LogP contribution is 2.22. The largest absolute Gasteiger partial charge is 0.299 e. The van der Waals surface area contributed by atoms with Gasteiger partial charge in [-0.25, -0.2) is 0 Å². The predicted molar refractivity (Wildman–Crippen MR) is 80.6 cm³/mol. The Morgan fingerprint density at radius 3 is 2.71 bits per heavy atom. The van der Waals surface area contributed by atoms with E-state index < -0.39 is 0 Å². The molecule has 1 atom stereocenters. The maximum Gasteiger partial charge on any atom is 0.0233 e. The molecule has 1 aliphatic heterocycles. The summed E-state index contributed by atoms with van der Waals surface area (Å²) in [7, 11) is 0. The number of nitrogens with zero attached hydrogens (tertiary/aromatic N) is 1. The average Bonchev–Trinajstić information content (AvgIpc) is 2.33. The number of hydrogen-bond donors (Lipinski definition) is 0. The van der Waals surface area contributed by atoms with Crippen molar-refractivity contribution in [3.8, 4) is 0 Å². The molecule has 0 aromatic heterocycles. The lowest BCUT2D eigenvalue weighted by Crippen LogP contribution is -2.35. The molecule has 1 aromatic carbocycles. The van der Waals surface area contributed by atoms with Crippen molar-refractivity contribution in [1.29, 1.82) is 0 Å². The van der Waals surface area contributed by atoms with Crippen LogP contribution in [0.15, 0.2) is 28.7 Å². The Morgan fingerprint density at radius 2 is 2.00 bits per heavy atom. The predicted octanol–water partition coefficient (Wildman–Crippen LogP) is 4.45. The summed E-state index contributed by atoms with van der Waals surface area (Å²) < 4.78 is 1.16. The molecule has 0 radical (unpaired) electrons. The molecule has 17 heavy (non-hydrogen) atoms. The fourth-order valence-corrected chi connectivity index (χ4v) is 3.44. The van der Waals surface area contributed by atoms with Gasteiger partial charge in [-0.05, 0) is 49.4 Å². The van der Waals surface area contributed by atoms with Crippen molar-refractivity contribution >= 4 is 31.9 Å². The van der Waals surface area contributed by atoms with Gasteiger partial charge in [0.05, 0.1) is 0 Å². The second kappa shape index (κ2) is 6.91. The molecule has 0 saturated carbocycles. The maximum atomic E-state index is 3.56. The quantitative estimate of drug-likeness (QED) is 0.717. The van der Waals surface area contributed by atoms with E-state index in [-0.39, 0.29) is 0 Å². The minimum absolute atomic E-state index is 0.888. The van der Waals surface area contributed by atoms with Gasteiger partial charge >= 0.3 is 0 Å². The summed E-state index contributed by atoms with van der Waals surface area (Å²) >= 11 is 7.04. The summed E-state index contributed by atoms with van der Waals surface area (Å²) in [6.07, 6.45) is 4.08. The lowest BCUT2D eigenvalue weighted by molar-refractivity contribution is 0.165. The monoisotopic (exact) mass is 359 g/mol. The van der Waals surface area contributed by atoms with Gasteiger partial charge in [-0.15, -0.1) is 0 Å². The molecule has 0 bridgehead atoms. The van der Waals surface area contributed by atoms with Crippen LogP contribution >= 0.6 is 31.9 Å². The van der Waals surface area contributed by atoms with Crippen LogP contribution in [-0.2, 0) is 6.54 Å². The van der Waals surface area contributed by atoms with Crippen molar-refractivity contribution in [2.24, 2.45) is 5.92 Å². The molecule has 1 saturated heterocycles. The van der Waals surface area contributed by atoms with Crippen LogP contribution in [0.1, 0.15) is 24.8 Å². The first-order chi connectivity index (χ1) is 8.28. The lowest BCUT2D eigenvalue weighted by atomic mass is 9.95. The zero-order chi connectivity index (χ0) is 12.1. The Hall–Kier alpha value is 0.140. The summed E-state index contributed by atoms with van der Waals surface area (Å²) in [4.78, 5) is 2.60. The first-order valence-corrected chi connectivity index (χ1v) is 8.22. The maximum absolute atomic E-state index is 3.56.